The smallest absolute Gasteiger partial charge is 0.412 e. The maximum Gasteiger partial charge on any atom is 0.412 e. The molecule has 2 aromatic carbocycles. The number of pyridine rings is 1. The Kier molecular flexibility index (Phi) is 12.5. The van der Waals surface area contributed by atoms with Gasteiger partial charge in [-0.05, 0) is 82.7 Å². The van der Waals surface area contributed by atoms with Crippen molar-refractivity contribution in [2.75, 3.05) is 42.1 Å². The third-order valence-electron chi connectivity index (χ3n) is 6.72. The number of halogens is 1. The maximum atomic E-state index is 13.8. The molecule has 1 aromatic heterocycles. The summed E-state index contributed by atoms with van der Waals surface area (Å²) < 4.78 is 19.1. The number of carbonyl (C=O) groups is 3. The molecular formula is C32H40FN7O6. The molecule has 46 heavy (non-hydrogen) atoms. The van der Waals surface area contributed by atoms with Gasteiger partial charge in [-0.25, -0.2) is 9.59 Å². The van der Waals surface area contributed by atoms with Crippen LogP contribution in [0.2, 0.25) is 0 Å². The summed E-state index contributed by atoms with van der Waals surface area (Å²) in [5.74, 6) is -1.52. The van der Waals surface area contributed by atoms with Crippen LogP contribution in [0.15, 0.2) is 60.8 Å². The van der Waals surface area contributed by atoms with Gasteiger partial charge in [-0.1, -0.05) is 32.0 Å². The molecular weight excluding hydrogens is 597 g/mol. The van der Waals surface area contributed by atoms with Crippen LogP contribution >= 0.6 is 0 Å². The van der Waals surface area contributed by atoms with Gasteiger partial charge < -0.3 is 25.2 Å². The Morgan fingerprint density at radius 1 is 0.957 bits per heavy atom. The number of rotatable bonds is 13. The van der Waals surface area contributed by atoms with Gasteiger partial charge in [-0.2, -0.15) is 4.39 Å². The number of nitro groups is 1. The maximum absolute atomic E-state index is 13.8. The summed E-state index contributed by atoms with van der Waals surface area (Å²) >= 11 is 0. The molecule has 13 nitrogen and oxygen atoms in total. The van der Waals surface area contributed by atoms with Gasteiger partial charge in [0.05, 0.1) is 16.3 Å². The van der Waals surface area contributed by atoms with Gasteiger partial charge >= 0.3 is 17.8 Å². The number of aromatic nitrogens is 1. The number of nitrogens with zero attached hydrogens (tertiary/aromatic N) is 4. The number of amides is 4. The van der Waals surface area contributed by atoms with Crippen molar-refractivity contribution >= 4 is 40.8 Å². The molecule has 0 fully saturated rings. The van der Waals surface area contributed by atoms with Gasteiger partial charge in [0.15, 0.2) is 0 Å². The van der Waals surface area contributed by atoms with E-state index in [1.807, 2.05) is 0 Å². The van der Waals surface area contributed by atoms with Crippen LogP contribution in [-0.4, -0.2) is 69.5 Å². The molecule has 3 aromatic rings. The molecule has 14 heteroatoms. The zero-order valence-electron chi connectivity index (χ0n) is 26.6. The third kappa shape index (κ3) is 10.8. The van der Waals surface area contributed by atoms with Gasteiger partial charge in [0.25, 0.3) is 5.91 Å². The highest BCUT2D eigenvalue weighted by molar-refractivity contribution is 6.05. The zero-order chi connectivity index (χ0) is 33.9. The van der Waals surface area contributed by atoms with E-state index in [2.05, 4.69) is 39.7 Å². The lowest BCUT2D eigenvalue weighted by atomic mass is 10.2. The second-order valence-corrected chi connectivity index (χ2v) is 11.3. The Bertz CT molecular complexity index is 1520. The van der Waals surface area contributed by atoms with Crippen molar-refractivity contribution in [2.45, 2.75) is 53.2 Å². The van der Waals surface area contributed by atoms with Gasteiger partial charge in [0, 0.05) is 31.0 Å². The van der Waals surface area contributed by atoms with Crippen molar-refractivity contribution in [3.8, 4) is 0 Å². The highest BCUT2D eigenvalue weighted by Gasteiger charge is 2.20. The Labute approximate surface area is 267 Å². The second kappa shape index (κ2) is 16.3. The first-order valence-electron chi connectivity index (χ1n) is 14.9. The van der Waals surface area contributed by atoms with E-state index in [1.165, 1.54) is 23.2 Å². The summed E-state index contributed by atoms with van der Waals surface area (Å²) in [6, 6.07) is 12.5. The van der Waals surface area contributed by atoms with Crippen LogP contribution in [0.3, 0.4) is 0 Å². The van der Waals surface area contributed by atoms with E-state index in [1.54, 1.807) is 51.1 Å². The number of para-hydroxylation sites is 2. The molecule has 246 valence electrons. The first-order valence-corrected chi connectivity index (χ1v) is 14.9. The van der Waals surface area contributed by atoms with Crippen LogP contribution in [0.5, 0.6) is 0 Å². The van der Waals surface area contributed by atoms with E-state index in [0.29, 0.717) is 29.9 Å². The molecule has 4 amide bonds. The van der Waals surface area contributed by atoms with Crippen LogP contribution in [0.4, 0.5) is 36.7 Å². The third-order valence-corrected chi connectivity index (χ3v) is 6.72. The highest BCUT2D eigenvalue weighted by Crippen LogP contribution is 2.24. The number of nitrogens with one attached hydrogen (secondary N) is 3. The molecule has 3 rings (SSSR count). The minimum Gasteiger partial charge on any atom is -0.444 e. The van der Waals surface area contributed by atoms with E-state index < -0.39 is 40.1 Å². The predicted molar refractivity (Wildman–Crippen MR) is 173 cm³/mol. The number of hydrogen-bond donors (Lipinski definition) is 3. The normalized spacial score (nSPS) is 11.1. The van der Waals surface area contributed by atoms with E-state index in [0.717, 1.165) is 31.8 Å². The predicted octanol–water partition coefficient (Wildman–Crippen LogP) is 6.49. The molecule has 0 radical (unpaired) electrons. The molecule has 0 bridgehead atoms. The van der Waals surface area contributed by atoms with Crippen LogP contribution in [0, 0.1) is 15.9 Å². The number of anilines is 3. The Hall–Kier alpha value is -5.11. The Balaban J connectivity index is 1.72. The van der Waals surface area contributed by atoms with Gasteiger partial charge in [-0.3, -0.25) is 25.2 Å². The van der Waals surface area contributed by atoms with E-state index in [9.17, 15) is 28.9 Å². The molecule has 1 heterocycles. The molecule has 0 saturated carbocycles. The average Bonchev–Trinajstić information content (AvgIpc) is 2.99. The number of benzene rings is 2. The Morgan fingerprint density at radius 2 is 1.63 bits per heavy atom. The van der Waals surface area contributed by atoms with Crippen LogP contribution in [0.1, 0.15) is 57.1 Å². The van der Waals surface area contributed by atoms with Crippen LogP contribution < -0.4 is 16.0 Å². The van der Waals surface area contributed by atoms with Gasteiger partial charge in [-0.15, -0.1) is 0 Å². The van der Waals surface area contributed by atoms with E-state index in [-0.39, 0.29) is 17.9 Å². The van der Waals surface area contributed by atoms with E-state index in [4.69, 9.17) is 4.74 Å². The molecule has 0 aliphatic heterocycles. The molecule has 0 aliphatic rings. The van der Waals surface area contributed by atoms with Crippen molar-refractivity contribution in [3.05, 3.63) is 88.0 Å². The monoisotopic (exact) mass is 637 g/mol. The fraction of sp³-hybridized carbons (Fsp3) is 0.375. The first kappa shape index (κ1) is 35.4. The van der Waals surface area contributed by atoms with Crippen molar-refractivity contribution < 1.29 is 28.4 Å². The molecule has 0 saturated heterocycles. The summed E-state index contributed by atoms with van der Waals surface area (Å²) in [4.78, 5) is 56.9. The SMILES string of the molecule is CCN(CC)CCCN(Cc1ccc(C(=O)Nc2ccccc2NC(=O)OC(C)(C)C)nc1)C(=O)Nc1ccc(F)c([N+](=O)[O-])c1. The topological polar surface area (TPSA) is 159 Å². The number of hydrogen-bond acceptors (Lipinski definition) is 8. The van der Waals surface area contributed by atoms with E-state index >= 15 is 0 Å². The molecule has 3 N–H and O–H groups in total. The quantitative estimate of drug-likeness (QED) is 0.142. The van der Waals surface area contributed by atoms with Gasteiger partial charge in [0.1, 0.15) is 11.3 Å². The number of nitro benzene ring substituents is 1. The fourth-order valence-corrected chi connectivity index (χ4v) is 4.38. The van der Waals surface area contributed by atoms with Crippen molar-refractivity contribution in [2.24, 2.45) is 0 Å². The number of ether oxygens (including phenoxy) is 1. The standard InChI is InChI=1S/C32H40FN7O6/c1-6-38(7-2)17-10-18-39(30(42)35-23-14-15-24(33)28(19-23)40(44)45)21-22-13-16-27(34-20-22)29(41)36-25-11-8-9-12-26(25)37-31(43)46-32(3,4)5/h8-9,11-16,19-20H,6-7,10,17-18,21H2,1-5H3,(H,35,42)(H,36,41)(H,37,43). The largest absolute Gasteiger partial charge is 0.444 e. The summed E-state index contributed by atoms with van der Waals surface area (Å²) in [6.45, 7) is 12.3. The summed E-state index contributed by atoms with van der Waals surface area (Å²) in [5, 5.41) is 19.1. The summed E-state index contributed by atoms with van der Waals surface area (Å²) in [6.07, 6.45) is 1.47. The number of carbonyl (C=O) groups excluding carboxylic acids is 3. The average molecular weight is 638 g/mol. The Morgan fingerprint density at radius 3 is 2.22 bits per heavy atom. The van der Waals surface area contributed by atoms with Crippen molar-refractivity contribution in [1.29, 1.82) is 0 Å². The highest BCUT2D eigenvalue weighted by atomic mass is 19.1. The zero-order valence-corrected chi connectivity index (χ0v) is 26.6. The lowest BCUT2D eigenvalue weighted by Crippen LogP contribution is -2.37. The molecule has 0 spiro atoms. The van der Waals surface area contributed by atoms with Gasteiger partial charge in [0.2, 0.25) is 5.82 Å². The summed E-state index contributed by atoms with van der Waals surface area (Å²) in [5.41, 5.74) is 0.0715. The van der Waals surface area contributed by atoms with Crippen LogP contribution in [0.25, 0.3) is 0 Å². The van der Waals surface area contributed by atoms with Crippen LogP contribution in [-0.2, 0) is 11.3 Å². The molecule has 0 unspecified atom stereocenters. The molecule has 0 atom stereocenters. The van der Waals surface area contributed by atoms with Crippen molar-refractivity contribution in [3.63, 3.8) is 0 Å². The van der Waals surface area contributed by atoms with Crippen molar-refractivity contribution in [1.82, 2.24) is 14.8 Å². The molecule has 0 aliphatic carbocycles. The fourth-order valence-electron chi connectivity index (χ4n) is 4.38. The lowest BCUT2D eigenvalue weighted by Gasteiger charge is -2.25. The first-order chi connectivity index (χ1) is 21.8. The summed E-state index contributed by atoms with van der Waals surface area (Å²) in [7, 11) is 0. The second-order valence-electron chi connectivity index (χ2n) is 11.3. The number of urea groups is 1. The lowest BCUT2D eigenvalue weighted by molar-refractivity contribution is -0.387. The minimum absolute atomic E-state index is 0.0819. The minimum atomic E-state index is -1.00.